The van der Waals surface area contributed by atoms with Crippen LogP contribution in [0, 0.1) is 5.82 Å². The number of carbonyl (C=O) groups excluding carboxylic acids is 1. The Hall–Kier alpha value is -4.14. The van der Waals surface area contributed by atoms with Crippen molar-refractivity contribution >= 4 is 22.6 Å². The second kappa shape index (κ2) is 8.08. The van der Waals surface area contributed by atoms with Crippen molar-refractivity contribution in [2.45, 2.75) is 0 Å². The minimum Gasteiger partial charge on any atom is -0.352 e. The molecule has 0 aliphatic carbocycles. The van der Waals surface area contributed by atoms with Crippen molar-refractivity contribution < 1.29 is 9.18 Å². The number of amides is 1. The molecule has 9 heteroatoms. The Morgan fingerprint density at radius 1 is 1.03 bits per heavy atom. The number of nitrogens with zero attached hydrogens (tertiary/aromatic N) is 5. The zero-order valence-corrected chi connectivity index (χ0v) is 16.0. The SMILES string of the molecule is CN1CNc2ncncc2C1=O.O=c1c2c(F)cccc2ncn1-c1ccccc1. The fraction of sp³-hybridized carbons (Fsp3) is 0.0952. The van der Waals surface area contributed by atoms with Gasteiger partial charge in [-0.3, -0.25) is 14.2 Å². The van der Waals surface area contributed by atoms with E-state index in [0.717, 1.165) is 0 Å². The summed E-state index contributed by atoms with van der Waals surface area (Å²) in [7, 11) is 1.73. The van der Waals surface area contributed by atoms with Gasteiger partial charge in [0, 0.05) is 13.2 Å². The highest BCUT2D eigenvalue weighted by Gasteiger charge is 2.21. The summed E-state index contributed by atoms with van der Waals surface area (Å²) in [5.74, 6) is 0.0349. The third kappa shape index (κ3) is 3.60. The van der Waals surface area contributed by atoms with Crippen LogP contribution in [0.2, 0.25) is 0 Å². The van der Waals surface area contributed by atoms with Gasteiger partial charge in [0.05, 0.1) is 17.9 Å². The van der Waals surface area contributed by atoms with E-state index in [4.69, 9.17) is 0 Å². The van der Waals surface area contributed by atoms with Crippen LogP contribution in [0.4, 0.5) is 10.2 Å². The molecular weight excluding hydrogens is 387 g/mol. The van der Waals surface area contributed by atoms with Crippen LogP contribution in [0.25, 0.3) is 16.6 Å². The number of benzene rings is 2. The number of aromatic nitrogens is 4. The lowest BCUT2D eigenvalue weighted by atomic mass is 10.2. The van der Waals surface area contributed by atoms with Gasteiger partial charge < -0.3 is 10.2 Å². The average molecular weight is 404 g/mol. The van der Waals surface area contributed by atoms with E-state index >= 15 is 0 Å². The van der Waals surface area contributed by atoms with E-state index in [9.17, 15) is 14.0 Å². The number of anilines is 1. The molecule has 8 nitrogen and oxygen atoms in total. The quantitative estimate of drug-likeness (QED) is 0.524. The first kappa shape index (κ1) is 19.2. The van der Waals surface area contributed by atoms with Crippen molar-refractivity contribution in [2.75, 3.05) is 19.0 Å². The van der Waals surface area contributed by atoms with Gasteiger partial charge in [-0.1, -0.05) is 24.3 Å². The molecule has 0 bridgehead atoms. The third-order valence-electron chi connectivity index (χ3n) is 4.54. The van der Waals surface area contributed by atoms with E-state index in [1.165, 1.54) is 35.6 Å². The minimum atomic E-state index is -0.546. The highest BCUT2D eigenvalue weighted by atomic mass is 19.1. The maximum atomic E-state index is 13.7. The van der Waals surface area contributed by atoms with E-state index in [-0.39, 0.29) is 11.3 Å². The molecule has 30 heavy (non-hydrogen) atoms. The molecule has 0 saturated carbocycles. The largest absolute Gasteiger partial charge is 0.352 e. The number of hydrogen-bond acceptors (Lipinski definition) is 6. The summed E-state index contributed by atoms with van der Waals surface area (Å²) in [6, 6.07) is 13.4. The molecule has 0 unspecified atom stereocenters. The van der Waals surface area contributed by atoms with E-state index in [2.05, 4.69) is 20.3 Å². The standard InChI is InChI=1S/C14H9FN2O.C7H8N4O/c15-11-7-4-8-12-13(11)14(18)17(9-16-12)10-5-2-1-3-6-10;1-11-4-10-6-5(7(11)12)2-8-3-9-6/h1-9H;2-3H,4H2,1H3,(H,8,9,10). The molecule has 5 rings (SSSR count). The second-order valence-corrected chi connectivity index (χ2v) is 6.51. The lowest BCUT2D eigenvalue weighted by molar-refractivity contribution is 0.0795. The first-order valence-electron chi connectivity index (χ1n) is 9.07. The maximum Gasteiger partial charge on any atom is 0.268 e. The summed E-state index contributed by atoms with van der Waals surface area (Å²) in [6.45, 7) is 0.503. The zero-order chi connectivity index (χ0) is 21.1. The molecule has 4 aromatic rings. The molecule has 0 atom stereocenters. The predicted octanol–water partition coefficient (Wildman–Crippen LogP) is 2.46. The molecule has 2 aromatic carbocycles. The van der Waals surface area contributed by atoms with Crippen molar-refractivity contribution in [3.8, 4) is 5.69 Å². The smallest absolute Gasteiger partial charge is 0.268 e. The van der Waals surface area contributed by atoms with E-state index in [1.807, 2.05) is 18.2 Å². The first-order chi connectivity index (χ1) is 14.6. The van der Waals surface area contributed by atoms with Crippen molar-refractivity contribution in [1.29, 1.82) is 0 Å². The van der Waals surface area contributed by atoms with Gasteiger partial charge in [0.1, 0.15) is 35.2 Å². The van der Waals surface area contributed by atoms with Crippen LogP contribution in [-0.4, -0.2) is 44.0 Å². The molecule has 0 saturated heterocycles. The van der Waals surface area contributed by atoms with Crippen molar-refractivity contribution in [1.82, 2.24) is 24.4 Å². The van der Waals surface area contributed by atoms with Gasteiger partial charge in [-0.05, 0) is 24.3 Å². The van der Waals surface area contributed by atoms with Gasteiger partial charge >= 0.3 is 0 Å². The number of para-hydroxylation sites is 1. The number of halogens is 1. The normalized spacial score (nSPS) is 12.6. The Morgan fingerprint density at radius 2 is 1.83 bits per heavy atom. The van der Waals surface area contributed by atoms with Crippen molar-refractivity contribution in [3.63, 3.8) is 0 Å². The maximum absolute atomic E-state index is 13.7. The number of carbonyl (C=O) groups is 1. The Balaban J connectivity index is 0.000000158. The third-order valence-corrected chi connectivity index (χ3v) is 4.54. The lowest BCUT2D eigenvalue weighted by Crippen LogP contribution is -2.37. The highest BCUT2D eigenvalue weighted by Crippen LogP contribution is 2.16. The molecule has 0 fully saturated rings. The minimum absolute atomic E-state index is 0.0175. The van der Waals surface area contributed by atoms with Gasteiger partial charge in [0.2, 0.25) is 0 Å². The summed E-state index contributed by atoms with van der Waals surface area (Å²) in [5, 5.41) is 3.01. The topological polar surface area (TPSA) is 93.0 Å². The van der Waals surface area contributed by atoms with Crippen LogP contribution in [0.15, 0.2) is 72.2 Å². The van der Waals surface area contributed by atoms with Gasteiger partial charge in [-0.15, -0.1) is 0 Å². The van der Waals surface area contributed by atoms with Crippen LogP contribution in [0.1, 0.15) is 10.4 Å². The van der Waals surface area contributed by atoms with Crippen LogP contribution in [-0.2, 0) is 0 Å². The Labute approximate surface area is 170 Å². The molecular formula is C21H17FN6O2. The molecule has 1 aliphatic rings. The highest BCUT2D eigenvalue weighted by molar-refractivity contribution is 5.99. The van der Waals surface area contributed by atoms with Gasteiger partial charge in [0.25, 0.3) is 11.5 Å². The monoisotopic (exact) mass is 404 g/mol. The molecule has 0 radical (unpaired) electrons. The van der Waals surface area contributed by atoms with Crippen molar-refractivity contribution in [3.05, 3.63) is 89.1 Å². The fourth-order valence-electron chi connectivity index (χ4n) is 3.00. The van der Waals surface area contributed by atoms with E-state index < -0.39 is 11.4 Å². The van der Waals surface area contributed by atoms with Gasteiger partial charge in [-0.2, -0.15) is 0 Å². The second-order valence-electron chi connectivity index (χ2n) is 6.51. The van der Waals surface area contributed by atoms with E-state index in [1.54, 1.807) is 30.1 Å². The Bertz CT molecular complexity index is 1280. The Kier molecular flexibility index (Phi) is 5.17. The summed E-state index contributed by atoms with van der Waals surface area (Å²) in [6.07, 6.45) is 4.36. The zero-order valence-electron chi connectivity index (χ0n) is 16.0. The first-order valence-corrected chi connectivity index (χ1v) is 9.07. The van der Waals surface area contributed by atoms with Gasteiger partial charge in [-0.25, -0.2) is 19.3 Å². The van der Waals surface area contributed by atoms with Crippen LogP contribution < -0.4 is 10.9 Å². The Morgan fingerprint density at radius 3 is 2.63 bits per heavy atom. The molecule has 1 N–H and O–H groups in total. The number of fused-ring (bicyclic) bond motifs is 2. The number of rotatable bonds is 1. The molecule has 3 heterocycles. The molecule has 1 amide bonds. The van der Waals surface area contributed by atoms with Crippen LogP contribution in [0.3, 0.4) is 0 Å². The van der Waals surface area contributed by atoms with Gasteiger partial charge in [0.15, 0.2) is 0 Å². The van der Waals surface area contributed by atoms with E-state index in [0.29, 0.717) is 29.3 Å². The summed E-state index contributed by atoms with van der Waals surface area (Å²) < 4.78 is 15.0. The molecule has 150 valence electrons. The fourth-order valence-corrected chi connectivity index (χ4v) is 3.00. The predicted molar refractivity (Wildman–Crippen MR) is 110 cm³/mol. The van der Waals surface area contributed by atoms with Crippen LogP contribution >= 0.6 is 0 Å². The number of hydrogen-bond donors (Lipinski definition) is 1. The summed E-state index contributed by atoms with van der Waals surface area (Å²) in [5.41, 5.74) is 1.17. The summed E-state index contributed by atoms with van der Waals surface area (Å²) >= 11 is 0. The average Bonchev–Trinajstić information content (AvgIpc) is 2.78. The molecule has 1 aliphatic heterocycles. The van der Waals surface area contributed by atoms with Crippen molar-refractivity contribution in [2.24, 2.45) is 0 Å². The van der Waals surface area contributed by atoms with Crippen LogP contribution in [0.5, 0.6) is 0 Å². The lowest BCUT2D eigenvalue weighted by Gasteiger charge is -2.24. The summed E-state index contributed by atoms with van der Waals surface area (Å²) in [4.78, 5) is 37.1. The number of nitrogens with one attached hydrogen (secondary N) is 1. The molecule has 2 aromatic heterocycles. The molecule has 0 spiro atoms.